The van der Waals surface area contributed by atoms with Crippen molar-refractivity contribution in [2.45, 2.75) is 24.9 Å². The van der Waals surface area contributed by atoms with E-state index in [0.29, 0.717) is 23.4 Å². The minimum absolute atomic E-state index is 0.102. The van der Waals surface area contributed by atoms with Gasteiger partial charge < -0.3 is 9.47 Å². The second-order valence-corrected chi connectivity index (χ2v) is 9.85. The van der Waals surface area contributed by atoms with Gasteiger partial charge in [0.25, 0.3) is 5.91 Å². The van der Waals surface area contributed by atoms with Gasteiger partial charge >= 0.3 is 0 Å². The Balaban J connectivity index is 1.96. The molecule has 2 aromatic carbocycles. The summed E-state index contributed by atoms with van der Waals surface area (Å²) in [6.45, 7) is 2.74. The molecule has 29 heavy (non-hydrogen) atoms. The molecule has 3 rings (SSSR count). The van der Waals surface area contributed by atoms with Gasteiger partial charge in [-0.05, 0) is 49.4 Å². The van der Waals surface area contributed by atoms with Crippen LogP contribution in [0.2, 0.25) is 0 Å². The number of carbonyl (C=O) groups excluding carboxylic acids is 1. The van der Waals surface area contributed by atoms with Gasteiger partial charge in [-0.2, -0.15) is 4.31 Å². The molecule has 0 bridgehead atoms. The van der Waals surface area contributed by atoms with Crippen molar-refractivity contribution in [1.29, 1.82) is 0 Å². The summed E-state index contributed by atoms with van der Waals surface area (Å²) in [5.41, 5.74) is 2.09. The van der Waals surface area contributed by atoms with Gasteiger partial charge in [0.2, 0.25) is 10.0 Å². The van der Waals surface area contributed by atoms with Crippen molar-refractivity contribution in [3.05, 3.63) is 58.3 Å². The number of hydrogen-bond acceptors (Lipinski definition) is 4. The zero-order valence-electron chi connectivity index (χ0n) is 16.8. The number of imidazole rings is 1. The summed E-state index contributed by atoms with van der Waals surface area (Å²) in [4.78, 5) is 18.6. The lowest BCUT2D eigenvalue weighted by Crippen LogP contribution is -2.28. The van der Waals surface area contributed by atoms with Crippen molar-refractivity contribution in [2.24, 2.45) is 0 Å². The fraction of sp³-hybridized carbons (Fsp3) is 0.300. The highest BCUT2D eigenvalue weighted by molar-refractivity contribution is 9.10. The smallest absolute Gasteiger partial charge is 0.253 e. The maximum absolute atomic E-state index is 12.9. The van der Waals surface area contributed by atoms with Crippen LogP contribution in [0, 0.1) is 0 Å². The third kappa shape index (κ3) is 4.22. The summed E-state index contributed by atoms with van der Waals surface area (Å²) in [5, 5.41) is 0. The number of halogens is 1. The summed E-state index contributed by atoms with van der Waals surface area (Å²) in [6, 6.07) is 11.9. The average molecular weight is 479 g/mol. The second-order valence-electron chi connectivity index (χ2n) is 6.89. The number of aromatic nitrogens is 2. The summed E-state index contributed by atoms with van der Waals surface area (Å²) in [7, 11) is 1.29. The number of rotatable bonds is 6. The van der Waals surface area contributed by atoms with Crippen molar-refractivity contribution >= 4 is 42.9 Å². The van der Waals surface area contributed by atoms with Crippen LogP contribution in [-0.4, -0.2) is 54.2 Å². The number of aryl methyl sites for hydroxylation is 1. The van der Waals surface area contributed by atoms with Crippen molar-refractivity contribution in [3.8, 4) is 0 Å². The predicted molar refractivity (Wildman–Crippen MR) is 116 cm³/mol. The van der Waals surface area contributed by atoms with Gasteiger partial charge in [-0.1, -0.05) is 15.9 Å². The molecule has 0 saturated carbocycles. The lowest BCUT2D eigenvalue weighted by molar-refractivity contribution is 0.0827. The summed E-state index contributed by atoms with van der Waals surface area (Å²) in [6.07, 6.45) is 0. The summed E-state index contributed by atoms with van der Waals surface area (Å²) in [5.74, 6) is 0.523. The monoisotopic (exact) mass is 478 g/mol. The largest absolute Gasteiger partial charge is 0.345 e. The molecule has 0 aliphatic rings. The van der Waals surface area contributed by atoms with Crippen LogP contribution >= 0.6 is 15.9 Å². The quantitative estimate of drug-likeness (QED) is 0.544. The first kappa shape index (κ1) is 21.5. The van der Waals surface area contributed by atoms with E-state index in [2.05, 4.69) is 20.9 Å². The molecule has 0 fully saturated rings. The fourth-order valence-corrected chi connectivity index (χ4v) is 4.50. The highest BCUT2D eigenvalue weighted by atomic mass is 79.9. The molecule has 7 nitrogen and oxygen atoms in total. The molecular formula is C20H23BrN4O3S. The Morgan fingerprint density at radius 1 is 1.10 bits per heavy atom. The zero-order chi connectivity index (χ0) is 21.3. The van der Waals surface area contributed by atoms with Crippen molar-refractivity contribution in [1.82, 2.24) is 18.8 Å². The number of carbonyl (C=O) groups is 1. The molecule has 1 aromatic heterocycles. The van der Waals surface area contributed by atoms with E-state index in [1.807, 2.05) is 17.6 Å². The first-order chi connectivity index (χ1) is 13.6. The molecular weight excluding hydrogens is 456 g/mol. The number of sulfonamides is 1. The molecule has 0 unspecified atom stereocenters. The number of hydrogen-bond donors (Lipinski definition) is 0. The zero-order valence-corrected chi connectivity index (χ0v) is 19.2. The number of benzene rings is 2. The average Bonchev–Trinajstić information content (AvgIpc) is 3.03. The van der Waals surface area contributed by atoms with Crippen LogP contribution in [-0.2, 0) is 23.1 Å². The number of amides is 1. The molecule has 0 atom stereocenters. The molecule has 0 aliphatic heterocycles. The molecule has 0 spiro atoms. The van der Waals surface area contributed by atoms with E-state index in [4.69, 9.17) is 0 Å². The van der Waals surface area contributed by atoms with Gasteiger partial charge in [-0.15, -0.1) is 0 Å². The first-order valence-corrected chi connectivity index (χ1v) is 11.3. The predicted octanol–water partition coefficient (Wildman–Crippen LogP) is 3.34. The summed E-state index contributed by atoms with van der Waals surface area (Å²) >= 11 is 3.32. The van der Waals surface area contributed by atoms with Crippen LogP contribution in [0.3, 0.4) is 0 Å². The van der Waals surface area contributed by atoms with Crippen LogP contribution in [0.5, 0.6) is 0 Å². The minimum Gasteiger partial charge on any atom is -0.345 e. The van der Waals surface area contributed by atoms with Gasteiger partial charge in [0.1, 0.15) is 5.82 Å². The van der Waals surface area contributed by atoms with E-state index in [1.54, 1.807) is 50.5 Å². The normalized spacial score (nSPS) is 11.9. The highest BCUT2D eigenvalue weighted by Gasteiger charge is 2.23. The van der Waals surface area contributed by atoms with E-state index < -0.39 is 10.0 Å². The van der Waals surface area contributed by atoms with Crippen molar-refractivity contribution in [2.75, 3.05) is 21.1 Å². The van der Waals surface area contributed by atoms with E-state index in [-0.39, 0.29) is 17.3 Å². The van der Waals surface area contributed by atoms with E-state index in [9.17, 15) is 13.2 Å². The van der Waals surface area contributed by atoms with Gasteiger partial charge in [0.05, 0.1) is 22.5 Å². The van der Waals surface area contributed by atoms with E-state index >= 15 is 0 Å². The highest BCUT2D eigenvalue weighted by Crippen LogP contribution is 2.23. The Bertz CT molecular complexity index is 1150. The van der Waals surface area contributed by atoms with Gasteiger partial charge in [-0.3, -0.25) is 4.79 Å². The maximum Gasteiger partial charge on any atom is 0.253 e. The van der Waals surface area contributed by atoms with Crippen LogP contribution in [0.25, 0.3) is 11.0 Å². The lowest BCUT2D eigenvalue weighted by atomic mass is 10.2. The molecule has 154 valence electrons. The summed E-state index contributed by atoms with van der Waals surface area (Å²) < 4.78 is 29.9. The Kier molecular flexibility index (Phi) is 6.11. The second kappa shape index (κ2) is 8.25. The van der Waals surface area contributed by atoms with Crippen LogP contribution in [0.15, 0.2) is 51.8 Å². The van der Waals surface area contributed by atoms with Crippen LogP contribution in [0.1, 0.15) is 23.1 Å². The number of nitrogens with zero attached hydrogens (tertiary/aromatic N) is 4. The molecule has 0 radical (unpaired) electrons. The van der Waals surface area contributed by atoms with E-state index in [0.717, 1.165) is 9.99 Å². The maximum atomic E-state index is 12.9. The Hall–Kier alpha value is -2.23. The molecule has 0 aliphatic carbocycles. The molecule has 1 heterocycles. The lowest BCUT2D eigenvalue weighted by Gasteiger charge is -2.17. The number of fused-ring (bicyclic) bond motifs is 1. The Morgan fingerprint density at radius 2 is 1.76 bits per heavy atom. The van der Waals surface area contributed by atoms with Crippen LogP contribution < -0.4 is 0 Å². The standard InChI is InChI=1S/C20H23BrN4O3S/c1-5-25-18-11-6-14(20(26)23(2)3)12-17(18)22-19(25)13-24(4)29(27,28)16-9-7-15(21)8-10-16/h6-12H,5,13H2,1-4H3. The molecule has 0 saturated heterocycles. The Labute approximate surface area is 179 Å². The van der Waals surface area contributed by atoms with Crippen molar-refractivity contribution < 1.29 is 13.2 Å². The molecule has 9 heteroatoms. The van der Waals surface area contributed by atoms with Gasteiger partial charge in [-0.25, -0.2) is 13.4 Å². The minimum atomic E-state index is -3.65. The third-order valence-electron chi connectivity index (χ3n) is 4.68. The van der Waals surface area contributed by atoms with Crippen LogP contribution in [0.4, 0.5) is 0 Å². The topological polar surface area (TPSA) is 75.5 Å². The molecule has 3 aromatic rings. The van der Waals surface area contributed by atoms with E-state index in [1.165, 1.54) is 16.3 Å². The van der Waals surface area contributed by atoms with Gasteiger partial charge in [0.15, 0.2) is 0 Å². The SMILES string of the molecule is CCn1c(CN(C)S(=O)(=O)c2ccc(Br)cc2)nc2cc(C(=O)N(C)C)ccc21. The molecule has 1 amide bonds. The van der Waals surface area contributed by atoms with Gasteiger partial charge in [0, 0.05) is 37.7 Å². The first-order valence-electron chi connectivity index (χ1n) is 9.08. The molecule has 0 N–H and O–H groups in total. The fourth-order valence-electron chi connectivity index (χ4n) is 3.12. The third-order valence-corrected chi connectivity index (χ3v) is 7.03. The Morgan fingerprint density at radius 3 is 2.34 bits per heavy atom. The van der Waals surface area contributed by atoms with Crippen molar-refractivity contribution in [3.63, 3.8) is 0 Å².